The molecule has 1 aromatic rings. The maximum absolute atomic E-state index is 13.3. The number of nitrogens with two attached hydrogens (primary N) is 1. The lowest BCUT2D eigenvalue weighted by molar-refractivity contribution is -0.123. The van der Waals surface area contributed by atoms with Crippen LogP contribution in [0.2, 0.25) is 0 Å². The van der Waals surface area contributed by atoms with Crippen LogP contribution < -0.4 is 21.1 Å². The summed E-state index contributed by atoms with van der Waals surface area (Å²) >= 11 is 0. The van der Waals surface area contributed by atoms with E-state index in [1.165, 1.54) is 19.2 Å². The van der Waals surface area contributed by atoms with E-state index in [2.05, 4.69) is 10.6 Å². The zero-order chi connectivity index (χ0) is 13.5. The first-order chi connectivity index (χ1) is 8.56. The van der Waals surface area contributed by atoms with E-state index in [0.29, 0.717) is 0 Å². The first-order valence-electron chi connectivity index (χ1n) is 5.17. The average Bonchev–Trinajstić information content (AvgIpc) is 2.36. The molecular weight excluding hydrogens is 241 g/mol. The summed E-state index contributed by atoms with van der Waals surface area (Å²) in [7, 11) is 1.35. The van der Waals surface area contributed by atoms with E-state index in [4.69, 9.17) is 10.5 Å². The number of ether oxygens (including phenoxy) is 1. The Labute approximate surface area is 103 Å². The summed E-state index contributed by atoms with van der Waals surface area (Å²) in [5.41, 5.74) is 5.33. The van der Waals surface area contributed by atoms with Gasteiger partial charge in [0.2, 0.25) is 11.8 Å². The van der Waals surface area contributed by atoms with E-state index in [1.54, 1.807) is 0 Å². The highest BCUT2D eigenvalue weighted by molar-refractivity contribution is 5.94. The summed E-state index contributed by atoms with van der Waals surface area (Å²) < 4.78 is 18.0. The summed E-state index contributed by atoms with van der Waals surface area (Å²) in [6, 6.07) is 4.01. The minimum absolute atomic E-state index is 0.0874. The van der Waals surface area contributed by atoms with Gasteiger partial charge in [0.15, 0.2) is 11.6 Å². The standard InChI is InChI=1S/C11H14FN3O3/c1-18-9-3-2-7(4-8(9)12)15-11(17)6-14-10(16)5-13/h2-4H,5-6,13H2,1H3,(H,14,16)(H,15,17). The van der Waals surface area contributed by atoms with Crippen LogP contribution in [0.4, 0.5) is 10.1 Å². The highest BCUT2D eigenvalue weighted by Gasteiger charge is 2.07. The van der Waals surface area contributed by atoms with Gasteiger partial charge in [0.05, 0.1) is 20.2 Å². The lowest BCUT2D eigenvalue weighted by atomic mass is 10.3. The Bertz CT molecular complexity index is 451. The van der Waals surface area contributed by atoms with Gasteiger partial charge in [-0.3, -0.25) is 9.59 Å². The molecule has 4 N–H and O–H groups in total. The molecule has 7 heteroatoms. The van der Waals surface area contributed by atoms with Crippen molar-refractivity contribution in [2.75, 3.05) is 25.5 Å². The molecule has 0 fully saturated rings. The Morgan fingerprint density at radius 3 is 2.67 bits per heavy atom. The average molecular weight is 255 g/mol. The molecule has 0 heterocycles. The smallest absolute Gasteiger partial charge is 0.243 e. The van der Waals surface area contributed by atoms with Crippen molar-refractivity contribution in [3.63, 3.8) is 0 Å². The van der Waals surface area contributed by atoms with E-state index in [9.17, 15) is 14.0 Å². The fourth-order valence-corrected chi connectivity index (χ4v) is 1.20. The maximum atomic E-state index is 13.3. The number of methoxy groups -OCH3 is 1. The molecule has 6 nitrogen and oxygen atoms in total. The van der Waals surface area contributed by atoms with Crippen molar-refractivity contribution >= 4 is 17.5 Å². The Kier molecular flexibility index (Phi) is 5.06. The van der Waals surface area contributed by atoms with Crippen LogP contribution in [0.3, 0.4) is 0 Å². The Balaban J connectivity index is 2.54. The predicted molar refractivity (Wildman–Crippen MR) is 63.6 cm³/mol. The van der Waals surface area contributed by atoms with E-state index in [-0.39, 0.29) is 24.5 Å². The van der Waals surface area contributed by atoms with Gasteiger partial charge in [0.1, 0.15) is 0 Å². The van der Waals surface area contributed by atoms with Crippen molar-refractivity contribution in [2.45, 2.75) is 0 Å². The minimum Gasteiger partial charge on any atom is -0.494 e. The van der Waals surface area contributed by atoms with Crippen molar-refractivity contribution in [3.05, 3.63) is 24.0 Å². The number of amides is 2. The first-order valence-corrected chi connectivity index (χ1v) is 5.17. The number of benzene rings is 1. The van der Waals surface area contributed by atoms with Crippen LogP contribution in [0, 0.1) is 5.82 Å². The fraction of sp³-hybridized carbons (Fsp3) is 0.273. The van der Waals surface area contributed by atoms with Crippen molar-refractivity contribution < 1.29 is 18.7 Å². The summed E-state index contributed by atoms with van der Waals surface area (Å²) in [5, 5.41) is 4.72. The molecule has 0 unspecified atom stereocenters. The van der Waals surface area contributed by atoms with Gasteiger partial charge in [-0.25, -0.2) is 4.39 Å². The van der Waals surface area contributed by atoms with Gasteiger partial charge < -0.3 is 21.1 Å². The van der Waals surface area contributed by atoms with Crippen molar-refractivity contribution in [3.8, 4) is 5.75 Å². The molecular formula is C11H14FN3O3. The molecule has 0 aliphatic rings. The molecule has 0 saturated heterocycles. The molecule has 0 radical (unpaired) electrons. The number of hydrogen-bond donors (Lipinski definition) is 3. The lowest BCUT2D eigenvalue weighted by Gasteiger charge is -2.07. The summed E-state index contributed by atoms with van der Waals surface area (Å²) in [5.74, 6) is -1.40. The quantitative estimate of drug-likeness (QED) is 0.682. The van der Waals surface area contributed by atoms with Crippen molar-refractivity contribution in [1.82, 2.24) is 5.32 Å². The molecule has 2 amide bonds. The van der Waals surface area contributed by atoms with Crippen LogP contribution in [0.25, 0.3) is 0 Å². The topological polar surface area (TPSA) is 93.5 Å². The number of hydrogen-bond acceptors (Lipinski definition) is 4. The third-order valence-corrected chi connectivity index (χ3v) is 2.07. The molecule has 0 aliphatic carbocycles. The second-order valence-electron chi connectivity index (χ2n) is 3.38. The zero-order valence-corrected chi connectivity index (χ0v) is 9.83. The van der Waals surface area contributed by atoms with Gasteiger partial charge in [-0.05, 0) is 12.1 Å². The lowest BCUT2D eigenvalue weighted by Crippen LogP contribution is -2.36. The largest absolute Gasteiger partial charge is 0.494 e. The van der Waals surface area contributed by atoms with Crippen LogP contribution in [-0.2, 0) is 9.59 Å². The SMILES string of the molecule is COc1ccc(NC(=O)CNC(=O)CN)cc1F. The van der Waals surface area contributed by atoms with Gasteiger partial charge in [0.25, 0.3) is 0 Å². The van der Waals surface area contributed by atoms with Crippen LogP contribution in [0.15, 0.2) is 18.2 Å². The molecule has 0 spiro atoms. The number of halogens is 1. The van der Waals surface area contributed by atoms with Gasteiger partial charge in [-0.2, -0.15) is 0 Å². The highest BCUT2D eigenvalue weighted by Crippen LogP contribution is 2.20. The van der Waals surface area contributed by atoms with Crippen LogP contribution in [-0.4, -0.2) is 32.0 Å². The van der Waals surface area contributed by atoms with Crippen LogP contribution in [0.1, 0.15) is 0 Å². The molecule has 0 aliphatic heterocycles. The normalized spacial score (nSPS) is 9.72. The number of rotatable bonds is 5. The Morgan fingerprint density at radius 2 is 2.11 bits per heavy atom. The van der Waals surface area contributed by atoms with Crippen LogP contribution >= 0.6 is 0 Å². The molecule has 0 saturated carbocycles. The first kappa shape index (κ1) is 13.9. The minimum atomic E-state index is -0.582. The van der Waals surface area contributed by atoms with Gasteiger partial charge in [-0.15, -0.1) is 0 Å². The van der Waals surface area contributed by atoms with Gasteiger partial charge in [-0.1, -0.05) is 0 Å². The molecule has 1 rings (SSSR count). The summed E-state index contributed by atoms with van der Waals surface area (Å²) in [6.45, 7) is -0.409. The summed E-state index contributed by atoms with van der Waals surface area (Å²) in [4.78, 5) is 22.2. The van der Waals surface area contributed by atoms with E-state index in [0.717, 1.165) is 6.07 Å². The van der Waals surface area contributed by atoms with Crippen molar-refractivity contribution in [1.29, 1.82) is 0 Å². The second kappa shape index (κ2) is 6.55. The monoisotopic (exact) mass is 255 g/mol. The zero-order valence-electron chi connectivity index (χ0n) is 9.83. The summed E-state index contributed by atoms with van der Waals surface area (Å²) in [6.07, 6.45) is 0. The third kappa shape index (κ3) is 4.02. The molecule has 0 bridgehead atoms. The van der Waals surface area contributed by atoms with Gasteiger partial charge >= 0.3 is 0 Å². The Morgan fingerprint density at radius 1 is 1.39 bits per heavy atom. The van der Waals surface area contributed by atoms with E-state index >= 15 is 0 Å². The van der Waals surface area contributed by atoms with Crippen LogP contribution in [0.5, 0.6) is 5.75 Å². The van der Waals surface area contributed by atoms with Crippen molar-refractivity contribution in [2.24, 2.45) is 5.73 Å². The third-order valence-electron chi connectivity index (χ3n) is 2.07. The number of nitrogens with one attached hydrogen (secondary N) is 2. The predicted octanol–water partition coefficient (Wildman–Crippen LogP) is -0.152. The van der Waals surface area contributed by atoms with E-state index < -0.39 is 17.6 Å². The second-order valence-corrected chi connectivity index (χ2v) is 3.38. The molecule has 0 aromatic heterocycles. The molecule has 0 atom stereocenters. The van der Waals surface area contributed by atoms with Gasteiger partial charge in [0, 0.05) is 11.8 Å². The fourth-order valence-electron chi connectivity index (χ4n) is 1.20. The Hall–Kier alpha value is -2.15. The number of carbonyl (C=O) groups is 2. The highest BCUT2D eigenvalue weighted by atomic mass is 19.1. The molecule has 98 valence electrons. The molecule has 18 heavy (non-hydrogen) atoms. The number of anilines is 1. The number of carbonyl (C=O) groups excluding carboxylic acids is 2. The molecule has 1 aromatic carbocycles. The maximum Gasteiger partial charge on any atom is 0.243 e. The van der Waals surface area contributed by atoms with E-state index in [1.807, 2.05) is 0 Å².